The van der Waals surface area contributed by atoms with E-state index in [4.69, 9.17) is 0 Å². The second-order valence-corrected chi connectivity index (χ2v) is 4.49. The Morgan fingerprint density at radius 2 is 2.33 bits per heavy atom. The Labute approximate surface area is 106 Å². The molecule has 1 unspecified atom stereocenters. The number of hydrogen-bond donors (Lipinski definition) is 2. The lowest BCUT2D eigenvalue weighted by Crippen LogP contribution is -2.27. The zero-order valence-corrected chi connectivity index (χ0v) is 10.6. The Bertz CT molecular complexity index is 520. The third-order valence-electron chi connectivity index (χ3n) is 2.84. The molecule has 0 radical (unpaired) electrons. The Kier molecular flexibility index (Phi) is 3.77. The summed E-state index contributed by atoms with van der Waals surface area (Å²) in [5.41, 5.74) is 3.18. The number of aromatic nitrogens is 2. The number of nitrogens with zero attached hydrogens (tertiary/aromatic N) is 1. The first kappa shape index (κ1) is 12.4. The van der Waals surface area contributed by atoms with Crippen LogP contribution >= 0.6 is 0 Å². The monoisotopic (exact) mass is 243 g/mol. The van der Waals surface area contributed by atoms with E-state index in [1.807, 2.05) is 38.1 Å². The number of H-pyrrole nitrogens is 1. The Morgan fingerprint density at radius 1 is 1.50 bits per heavy atom. The molecule has 1 aromatic heterocycles. The number of carbonyl (C=O) groups is 1. The van der Waals surface area contributed by atoms with Crippen LogP contribution in [0.4, 0.5) is 0 Å². The Hall–Kier alpha value is -2.10. The van der Waals surface area contributed by atoms with Crippen molar-refractivity contribution in [1.82, 2.24) is 15.5 Å². The van der Waals surface area contributed by atoms with Gasteiger partial charge in [-0.15, -0.1) is 0 Å². The fourth-order valence-corrected chi connectivity index (χ4v) is 1.88. The average Bonchev–Trinajstić information content (AvgIpc) is 2.81. The van der Waals surface area contributed by atoms with Crippen LogP contribution in [-0.2, 0) is 11.2 Å². The van der Waals surface area contributed by atoms with Gasteiger partial charge in [-0.1, -0.05) is 29.8 Å². The van der Waals surface area contributed by atoms with Crippen molar-refractivity contribution in [2.75, 3.05) is 0 Å². The average molecular weight is 243 g/mol. The van der Waals surface area contributed by atoms with Crippen LogP contribution in [0.2, 0.25) is 0 Å². The summed E-state index contributed by atoms with van der Waals surface area (Å²) in [5.74, 6) is 0.0225. The van der Waals surface area contributed by atoms with Crippen LogP contribution in [0.15, 0.2) is 36.7 Å². The molecule has 1 heterocycles. The molecule has 94 valence electrons. The van der Waals surface area contributed by atoms with Gasteiger partial charge in [-0.05, 0) is 19.4 Å². The first-order chi connectivity index (χ1) is 8.65. The van der Waals surface area contributed by atoms with Crippen LogP contribution in [0.25, 0.3) is 0 Å². The molecule has 1 atom stereocenters. The quantitative estimate of drug-likeness (QED) is 0.864. The zero-order valence-electron chi connectivity index (χ0n) is 10.6. The summed E-state index contributed by atoms with van der Waals surface area (Å²) in [6.45, 7) is 3.97. The van der Waals surface area contributed by atoms with Gasteiger partial charge in [0.2, 0.25) is 5.91 Å². The van der Waals surface area contributed by atoms with Gasteiger partial charge < -0.3 is 5.32 Å². The third-order valence-corrected chi connectivity index (χ3v) is 2.84. The van der Waals surface area contributed by atoms with E-state index in [1.54, 1.807) is 12.4 Å². The van der Waals surface area contributed by atoms with Crippen molar-refractivity contribution in [2.24, 2.45) is 0 Å². The van der Waals surface area contributed by atoms with Crippen LogP contribution in [-0.4, -0.2) is 16.1 Å². The zero-order chi connectivity index (χ0) is 13.0. The molecule has 0 aliphatic carbocycles. The van der Waals surface area contributed by atoms with Crippen molar-refractivity contribution in [3.05, 3.63) is 53.3 Å². The molecule has 2 N–H and O–H groups in total. The fraction of sp³-hybridized carbons (Fsp3) is 0.286. The summed E-state index contributed by atoms with van der Waals surface area (Å²) < 4.78 is 0. The molecule has 2 rings (SSSR count). The van der Waals surface area contributed by atoms with Crippen molar-refractivity contribution < 1.29 is 4.79 Å². The minimum absolute atomic E-state index is 0.0225. The molecule has 1 aromatic carbocycles. The van der Waals surface area contributed by atoms with Crippen LogP contribution in [0, 0.1) is 6.92 Å². The number of nitrogens with one attached hydrogen (secondary N) is 2. The van der Waals surface area contributed by atoms with Gasteiger partial charge in [-0.25, -0.2) is 0 Å². The number of aromatic amines is 1. The molecule has 4 nitrogen and oxygen atoms in total. The first-order valence-electron chi connectivity index (χ1n) is 5.99. The highest BCUT2D eigenvalue weighted by Gasteiger charge is 2.10. The molecule has 0 bridgehead atoms. The van der Waals surface area contributed by atoms with Crippen LogP contribution < -0.4 is 5.32 Å². The van der Waals surface area contributed by atoms with Crippen LogP contribution in [0.3, 0.4) is 0 Å². The summed E-state index contributed by atoms with van der Waals surface area (Å²) in [6, 6.07) is 7.96. The van der Waals surface area contributed by atoms with Crippen molar-refractivity contribution in [1.29, 1.82) is 0 Å². The van der Waals surface area contributed by atoms with E-state index >= 15 is 0 Å². The number of carbonyl (C=O) groups excluding carboxylic acids is 1. The first-order valence-corrected chi connectivity index (χ1v) is 5.99. The number of aryl methyl sites for hydroxylation is 1. The van der Waals surface area contributed by atoms with Gasteiger partial charge in [0, 0.05) is 11.8 Å². The van der Waals surface area contributed by atoms with Gasteiger partial charge in [-0.2, -0.15) is 5.10 Å². The molecule has 0 spiro atoms. The predicted octanol–water partition coefficient (Wildman–Crippen LogP) is 2.14. The Morgan fingerprint density at radius 3 is 3.00 bits per heavy atom. The summed E-state index contributed by atoms with van der Waals surface area (Å²) >= 11 is 0. The molecular weight excluding hydrogens is 226 g/mol. The van der Waals surface area contributed by atoms with Crippen LogP contribution in [0.1, 0.15) is 29.7 Å². The molecule has 0 fully saturated rings. The van der Waals surface area contributed by atoms with Crippen molar-refractivity contribution in [3.8, 4) is 0 Å². The summed E-state index contributed by atoms with van der Waals surface area (Å²) in [6.07, 6.45) is 3.92. The molecule has 0 saturated heterocycles. The number of hydrogen-bond acceptors (Lipinski definition) is 2. The molecule has 2 aromatic rings. The lowest BCUT2D eigenvalue weighted by molar-refractivity contribution is -0.121. The second-order valence-electron chi connectivity index (χ2n) is 4.49. The normalized spacial score (nSPS) is 12.1. The molecule has 0 aliphatic rings. The second kappa shape index (κ2) is 5.49. The van der Waals surface area contributed by atoms with Crippen LogP contribution in [0.5, 0.6) is 0 Å². The highest BCUT2D eigenvalue weighted by Crippen LogP contribution is 2.10. The SMILES string of the molecule is Cc1cccc(CC(=O)NC(C)c2cn[nH]c2)c1. The van der Waals surface area contributed by atoms with E-state index in [0.717, 1.165) is 11.1 Å². The molecule has 0 aliphatic heterocycles. The van der Waals surface area contributed by atoms with Gasteiger partial charge in [-0.3, -0.25) is 9.89 Å². The van der Waals surface area contributed by atoms with Crippen molar-refractivity contribution in [3.63, 3.8) is 0 Å². The van der Waals surface area contributed by atoms with Gasteiger partial charge in [0.25, 0.3) is 0 Å². The van der Waals surface area contributed by atoms with Gasteiger partial charge in [0.15, 0.2) is 0 Å². The van der Waals surface area contributed by atoms with Crippen molar-refractivity contribution in [2.45, 2.75) is 26.3 Å². The van der Waals surface area contributed by atoms with E-state index in [2.05, 4.69) is 15.5 Å². The molecule has 4 heteroatoms. The van der Waals surface area contributed by atoms with E-state index in [1.165, 1.54) is 5.56 Å². The van der Waals surface area contributed by atoms with E-state index < -0.39 is 0 Å². The molecule has 18 heavy (non-hydrogen) atoms. The highest BCUT2D eigenvalue weighted by atomic mass is 16.1. The largest absolute Gasteiger partial charge is 0.349 e. The van der Waals surface area contributed by atoms with E-state index in [9.17, 15) is 4.79 Å². The summed E-state index contributed by atoms with van der Waals surface area (Å²) in [4.78, 5) is 11.9. The predicted molar refractivity (Wildman–Crippen MR) is 70.0 cm³/mol. The maximum Gasteiger partial charge on any atom is 0.224 e. The molecular formula is C14H17N3O. The fourth-order valence-electron chi connectivity index (χ4n) is 1.88. The maximum atomic E-state index is 11.9. The van der Waals surface area contributed by atoms with Gasteiger partial charge in [0.05, 0.1) is 18.7 Å². The molecule has 0 saturated carbocycles. The molecule has 1 amide bonds. The number of rotatable bonds is 4. The summed E-state index contributed by atoms with van der Waals surface area (Å²) in [5, 5.41) is 9.56. The van der Waals surface area contributed by atoms with E-state index in [0.29, 0.717) is 6.42 Å². The van der Waals surface area contributed by atoms with Crippen molar-refractivity contribution >= 4 is 5.91 Å². The smallest absolute Gasteiger partial charge is 0.224 e. The number of amides is 1. The highest BCUT2D eigenvalue weighted by molar-refractivity contribution is 5.79. The topological polar surface area (TPSA) is 57.8 Å². The standard InChI is InChI=1S/C14H17N3O/c1-10-4-3-5-12(6-10)7-14(18)17-11(2)13-8-15-16-9-13/h3-6,8-9,11H,7H2,1-2H3,(H,15,16)(H,17,18). The van der Waals surface area contributed by atoms with E-state index in [-0.39, 0.29) is 11.9 Å². The minimum Gasteiger partial charge on any atom is -0.349 e. The maximum absolute atomic E-state index is 11.9. The lowest BCUT2D eigenvalue weighted by atomic mass is 10.1. The lowest BCUT2D eigenvalue weighted by Gasteiger charge is -2.12. The minimum atomic E-state index is -0.0268. The third kappa shape index (κ3) is 3.20. The number of benzene rings is 1. The van der Waals surface area contributed by atoms with Gasteiger partial charge in [0.1, 0.15) is 0 Å². The van der Waals surface area contributed by atoms with Gasteiger partial charge >= 0.3 is 0 Å². The Balaban J connectivity index is 1.93. The summed E-state index contributed by atoms with van der Waals surface area (Å²) in [7, 11) is 0.